The Kier molecular flexibility index (Phi) is 4.44. The number of para-hydroxylation sites is 1. The Morgan fingerprint density at radius 2 is 1.94 bits per heavy atom. The molecule has 0 saturated carbocycles. The van der Waals surface area contributed by atoms with Gasteiger partial charge in [0.05, 0.1) is 16.8 Å². The third-order valence-electron chi connectivity index (χ3n) is 2.90. The quantitative estimate of drug-likeness (QED) is 0.747. The Bertz CT molecular complexity index is 455. The Balaban J connectivity index is 2.98. The van der Waals surface area contributed by atoms with Crippen molar-refractivity contribution >= 4 is 17.5 Å². The lowest BCUT2D eigenvalue weighted by Crippen LogP contribution is -2.48. The van der Waals surface area contributed by atoms with Gasteiger partial charge in [0.15, 0.2) is 0 Å². The van der Waals surface area contributed by atoms with Crippen LogP contribution >= 0.6 is 0 Å². The van der Waals surface area contributed by atoms with E-state index in [0.29, 0.717) is 17.7 Å². The maximum absolute atomic E-state index is 12.0. The lowest BCUT2D eigenvalue weighted by atomic mass is 9.99. The molecule has 0 aliphatic rings. The molecule has 0 spiro atoms. The molecule has 5 heteroatoms. The smallest absolute Gasteiger partial charge is 0.253 e. The van der Waals surface area contributed by atoms with Gasteiger partial charge in [-0.25, -0.2) is 0 Å². The molecule has 0 saturated heterocycles. The third-order valence-corrected chi connectivity index (χ3v) is 2.90. The van der Waals surface area contributed by atoms with Gasteiger partial charge in [-0.15, -0.1) is 0 Å². The van der Waals surface area contributed by atoms with Crippen molar-refractivity contribution in [2.75, 3.05) is 12.4 Å². The summed E-state index contributed by atoms with van der Waals surface area (Å²) in [6, 6.07) is 6.81. The molecule has 0 aliphatic carbocycles. The van der Waals surface area contributed by atoms with Crippen molar-refractivity contribution in [2.45, 2.75) is 25.8 Å². The zero-order valence-corrected chi connectivity index (χ0v) is 10.9. The average Bonchev–Trinajstić information content (AvgIpc) is 2.38. The predicted octanol–water partition coefficient (Wildman–Crippen LogP) is 1.11. The average molecular weight is 249 g/mol. The Labute approximate surface area is 107 Å². The molecule has 1 atom stereocenters. The van der Waals surface area contributed by atoms with E-state index in [0.717, 1.165) is 0 Å². The second-order valence-electron chi connectivity index (χ2n) is 4.35. The van der Waals surface area contributed by atoms with Crippen LogP contribution in [0.5, 0.6) is 0 Å². The first kappa shape index (κ1) is 14.2. The van der Waals surface area contributed by atoms with Crippen LogP contribution in [0.4, 0.5) is 5.69 Å². The summed E-state index contributed by atoms with van der Waals surface area (Å²) in [5.41, 5.74) is 5.79. The Morgan fingerprint density at radius 1 is 1.33 bits per heavy atom. The number of hydrogen-bond acceptors (Lipinski definition) is 3. The first-order chi connectivity index (χ1) is 8.42. The molecular weight excluding hydrogens is 230 g/mol. The van der Waals surface area contributed by atoms with Gasteiger partial charge in [0, 0.05) is 7.05 Å². The van der Waals surface area contributed by atoms with E-state index >= 15 is 0 Å². The van der Waals surface area contributed by atoms with Crippen molar-refractivity contribution in [3.05, 3.63) is 29.8 Å². The van der Waals surface area contributed by atoms with Gasteiger partial charge in [0.1, 0.15) is 0 Å². The summed E-state index contributed by atoms with van der Waals surface area (Å²) in [5, 5.41) is 5.22. The summed E-state index contributed by atoms with van der Waals surface area (Å²) in [6.07, 6.45) is 0.515. The Morgan fingerprint density at radius 3 is 2.50 bits per heavy atom. The number of amides is 2. The SMILES string of the molecule is CCC(C)(N)C(=O)Nc1ccccc1C(=O)NC. The van der Waals surface area contributed by atoms with E-state index in [2.05, 4.69) is 10.6 Å². The van der Waals surface area contributed by atoms with E-state index in [4.69, 9.17) is 5.73 Å². The van der Waals surface area contributed by atoms with Crippen LogP contribution < -0.4 is 16.4 Å². The standard InChI is InChI=1S/C13H19N3O2/c1-4-13(2,14)12(18)16-10-8-6-5-7-9(10)11(17)15-3/h5-8H,4,14H2,1-3H3,(H,15,17)(H,16,18). The van der Waals surface area contributed by atoms with Crippen molar-refractivity contribution in [1.29, 1.82) is 0 Å². The molecule has 1 aromatic rings. The molecule has 1 aromatic carbocycles. The largest absolute Gasteiger partial charge is 0.355 e. The highest BCUT2D eigenvalue weighted by Gasteiger charge is 2.26. The first-order valence-corrected chi connectivity index (χ1v) is 5.83. The normalized spacial score (nSPS) is 13.6. The van der Waals surface area contributed by atoms with Gasteiger partial charge in [0.2, 0.25) is 5.91 Å². The van der Waals surface area contributed by atoms with Crippen molar-refractivity contribution in [1.82, 2.24) is 5.32 Å². The van der Waals surface area contributed by atoms with Crippen LogP contribution in [0.25, 0.3) is 0 Å². The number of nitrogens with one attached hydrogen (secondary N) is 2. The molecule has 0 heterocycles. The number of hydrogen-bond donors (Lipinski definition) is 3. The van der Waals surface area contributed by atoms with Gasteiger partial charge < -0.3 is 16.4 Å². The van der Waals surface area contributed by atoms with Gasteiger partial charge in [-0.05, 0) is 25.5 Å². The molecule has 1 rings (SSSR count). The van der Waals surface area contributed by atoms with Gasteiger partial charge in [0.25, 0.3) is 5.91 Å². The fourth-order valence-electron chi connectivity index (χ4n) is 1.35. The Hall–Kier alpha value is -1.88. The molecule has 1 unspecified atom stereocenters. The lowest BCUT2D eigenvalue weighted by Gasteiger charge is -2.22. The fraction of sp³-hybridized carbons (Fsp3) is 0.385. The van der Waals surface area contributed by atoms with Gasteiger partial charge in [-0.2, -0.15) is 0 Å². The molecule has 5 nitrogen and oxygen atoms in total. The summed E-state index contributed by atoms with van der Waals surface area (Å²) in [7, 11) is 1.54. The van der Waals surface area contributed by atoms with Crippen LogP contribution in [0, 0.1) is 0 Å². The number of benzene rings is 1. The monoisotopic (exact) mass is 249 g/mol. The zero-order valence-electron chi connectivity index (χ0n) is 10.9. The summed E-state index contributed by atoms with van der Waals surface area (Å²) in [4.78, 5) is 23.6. The third kappa shape index (κ3) is 3.07. The molecule has 0 aromatic heterocycles. The zero-order chi connectivity index (χ0) is 13.8. The highest BCUT2D eigenvalue weighted by atomic mass is 16.2. The number of carbonyl (C=O) groups is 2. The lowest BCUT2D eigenvalue weighted by molar-refractivity contribution is -0.120. The summed E-state index contributed by atoms with van der Waals surface area (Å²) in [6.45, 7) is 3.50. The highest BCUT2D eigenvalue weighted by Crippen LogP contribution is 2.17. The van der Waals surface area contributed by atoms with E-state index in [1.54, 1.807) is 38.2 Å². The molecule has 0 fully saturated rings. The van der Waals surface area contributed by atoms with Crippen LogP contribution in [-0.4, -0.2) is 24.4 Å². The number of carbonyl (C=O) groups excluding carboxylic acids is 2. The van der Waals surface area contributed by atoms with E-state index in [-0.39, 0.29) is 11.8 Å². The first-order valence-electron chi connectivity index (χ1n) is 5.83. The van der Waals surface area contributed by atoms with Crippen LogP contribution in [0.2, 0.25) is 0 Å². The van der Waals surface area contributed by atoms with Crippen molar-refractivity contribution in [2.24, 2.45) is 5.73 Å². The number of nitrogens with two attached hydrogens (primary N) is 1. The minimum absolute atomic E-state index is 0.249. The minimum atomic E-state index is -0.949. The van der Waals surface area contributed by atoms with Crippen molar-refractivity contribution < 1.29 is 9.59 Å². The maximum Gasteiger partial charge on any atom is 0.253 e. The molecule has 18 heavy (non-hydrogen) atoms. The van der Waals surface area contributed by atoms with Gasteiger partial charge >= 0.3 is 0 Å². The van der Waals surface area contributed by atoms with Crippen molar-refractivity contribution in [3.63, 3.8) is 0 Å². The molecule has 2 amide bonds. The number of anilines is 1. The molecule has 98 valence electrons. The van der Waals surface area contributed by atoms with Crippen LogP contribution in [-0.2, 0) is 4.79 Å². The molecule has 0 aliphatic heterocycles. The van der Waals surface area contributed by atoms with Crippen molar-refractivity contribution in [3.8, 4) is 0 Å². The molecule has 0 radical (unpaired) electrons. The topological polar surface area (TPSA) is 84.2 Å². The van der Waals surface area contributed by atoms with E-state index < -0.39 is 5.54 Å². The maximum atomic E-state index is 12.0. The molecule has 0 bridgehead atoms. The van der Waals surface area contributed by atoms with Crippen LogP contribution in [0.3, 0.4) is 0 Å². The molecule has 4 N–H and O–H groups in total. The minimum Gasteiger partial charge on any atom is -0.355 e. The van der Waals surface area contributed by atoms with E-state index in [9.17, 15) is 9.59 Å². The van der Waals surface area contributed by atoms with Gasteiger partial charge in [-0.3, -0.25) is 9.59 Å². The van der Waals surface area contributed by atoms with E-state index in [1.165, 1.54) is 0 Å². The summed E-state index contributed by atoms with van der Waals surface area (Å²) >= 11 is 0. The molecular formula is C13H19N3O2. The van der Waals surface area contributed by atoms with Gasteiger partial charge in [-0.1, -0.05) is 19.1 Å². The van der Waals surface area contributed by atoms with E-state index in [1.807, 2.05) is 6.92 Å². The predicted molar refractivity (Wildman–Crippen MR) is 71.3 cm³/mol. The highest BCUT2D eigenvalue weighted by molar-refractivity contribution is 6.05. The van der Waals surface area contributed by atoms with Crippen LogP contribution in [0.1, 0.15) is 30.6 Å². The summed E-state index contributed by atoms with van der Waals surface area (Å²) < 4.78 is 0. The second-order valence-corrected chi connectivity index (χ2v) is 4.35. The fourth-order valence-corrected chi connectivity index (χ4v) is 1.35. The summed E-state index contributed by atoms with van der Waals surface area (Å²) in [5.74, 6) is -0.553. The van der Waals surface area contributed by atoms with Crippen LogP contribution in [0.15, 0.2) is 24.3 Å². The second kappa shape index (κ2) is 5.64. The number of rotatable bonds is 4.